The van der Waals surface area contributed by atoms with Crippen molar-refractivity contribution in [2.24, 2.45) is 0 Å². The lowest BCUT2D eigenvalue weighted by molar-refractivity contribution is 0.409. The number of hydrogen-bond acceptors (Lipinski definition) is 2. The number of thiol groups is 1. The van der Waals surface area contributed by atoms with Crippen LogP contribution in [0, 0.1) is 0 Å². The maximum Gasteiger partial charge on any atom is 0.122 e. The Labute approximate surface area is 91.9 Å². The molecular formula is C12H18OS. The number of methoxy groups -OCH3 is 1. The molecule has 0 aliphatic carbocycles. The van der Waals surface area contributed by atoms with Gasteiger partial charge < -0.3 is 4.74 Å². The molecule has 0 fully saturated rings. The van der Waals surface area contributed by atoms with E-state index in [0.717, 1.165) is 30.8 Å². The van der Waals surface area contributed by atoms with Gasteiger partial charge in [-0.15, -0.1) is 0 Å². The predicted molar refractivity (Wildman–Crippen MR) is 64.5 cm³/mol. The maximum absolute atomic E-state index is 5.36. The summed E-state index contributed by atoms with van der Waals surface area (Å²) in [6, 6.07) is 6.46. The summed E-state index contributed by atoms with van der Waals surface area (Å²) < 4.78 is 5.36. The van der Waals surface area contributed by atoms with Crippen LogP contribution in [0.2, 0.25) is 0 Å². The standard InChI is InChI=1S/C12H18OS/c1-3-4-11-6-5-10(7-8-14)9-12(11)13-2/h5-6,9,14H,3-4,7-8H2,1-2H3. The van der Waals surface area contributed by atoms with Crippen molar-refractivity contribution in [1.29, 1.82) is 0 Å². The summed E-state index contributed by atoms with van der Waals surface area (Å²) in [5, 5.41) is 0. The van der Waals surface area contributed by atoms with Gasteiger partial charge in [0.15, 0.2) is 0 Å². The van der Waals surface area contributed by atoms with E-state index in [4.69, 9.17) is 4.74 Å². The molecule has 0 heterocycles. The molecule has 0 saturated carbocycles. The summed E-state index contributed by atoms with van der Waals surface area (Å²) in [6.45, 7) is 2.18. The molecule has 1 rings (SSSR count). The van der Waals surface area contributed by atoms with Crippen LogP contribution in [0.3, 0.4) is 0 Å². The average molecular weight is 210 g/mol. The number of rotatable bonds is 5. The van der Waals surface area contributed by atoms with Crippen LogP contribution in [0.15, 0.2) is 18.2 Å². The Balaban J connectivity index is 2.87. The van der Waals surface area contributed by atoms with Crippen molar-refractivity contribution in [3.05, 3.63) is 29.3 Å². The molecule has 0 aliphatic rings. The number of ether oxygens (including phenoxy) is 1. The van der Waals surface area contributed by atoms with Crippen LogP contribution < -0.4 is 4.74 Å². The molecule has 14 heavy (non-hydrogen) atoms. The minimum Gasteiger partial charge on any atom is -0.496 e. The number of benzene rings is 1. The van der Waals surface area contributed by atoms with Gasteiger partial charge in [0.05, 0.1) is 7.11 Å². The first kappa shape index (κ1) is 11.4. The summed E-state index contributed by atoms with van der Waals surface area (Å²) in [5.74, 6) is 1.90. The lowest BCUT2D eigenvalue weighted by Crippen LogP contribution is -1.94. The molecule has 1 aromatic carbocycles. The van der Waals surface area contributed by atoms with Crippen LogP contribution >= 0.6 is 12.6 Å². The Hall–Kier alpha value is -0.630. The second-order valence-electron chi connectivity index (χ2n) is 3.37. The second-order valence-corrected chi connectivity index (χ2v) is 3.82. The third kappa shape index (κ3) is 2.95. The van der Waals surface area contributed by atoms with Crippen molar-refractivity contribution >= 4 is 12.6 Å². The molecule has 1 aromatic rings. The molecule has 0 radical (unpaired) electrons. The SMILES string of the molecule is CCCc1ccc(CCS)cc1OC. The highest BCUT2D eigenvalue weighted by molar-refractivity contribution is 7.80. The van der Waals surface area contributed by atoms with Crippen molar-refractivity contribution < 1.29 is 4.74 Å². The fourth-order valence-electron chi connectivity index (χ4n) is 1.55. The van der Waals surface area contributed by atoms with E-state index in [2.05, 4.69) is 37.8 Å². The summed E-state index contributed by atoms with van der Waals surface area (Å²) in [5.41, 5.74) is 2.61. The molecule has 0 aliphatic heterocycles. The Bertz CT molecular complexity index is 284. The molecule has 0 saturated heterocycles. The molecule has 0 aromatic heterocycles. The zero-order chi connectivity index (χ0) is 10.4. The molecule has 0 atom stereocenters. The first-order chi connectivity index (χ1) is 6.81. The summed E-state index contributed by atoms with van der Waals surface area (Å²) >= 11 is 4.22. The highest BCUT2D eigenvalue weighted by atomic mass is 32.1. The zero-order valence-electron chi connectivity index (χ0n) is 8.92. The van der Waals surface area contributed by atoms with Gasteiger partial charge in [-0.2, -0.15) is 12.6 Å². The van der Waals surface area contributed by atoms with Gasteiger partial charge in [-0.1, -0.05) is 25.5 Å². The Morgan fingerprint density at radius 3 is 2.64 bits per heavy atom. The van der Waals surface area contributed by atoms with E-state index in [0.29, 0.717) is 0 Å². The van der Waals surface area contributed by atoms with Gasteiger partial charge in [-0.25, -0.2) is 0 Å². The molecule has 0 amide bonds. The van der Waals surface area contributed by atoms with Crippen LogP contribution in [0.25, 0.3) is 0 Å². The largest absolute Gasteiger partial charge is 0.496 e. The quantitative estimate of drug-likeness (QED) is 0.735. The van der Waals surface area contributed by atoms with E-state index in [9.17, 15) is 0 Å². The van der Waals surface area contributed by atoms with E-state index in [1.807, 2.05) is 0 Å². The average Bonchev–Trinajstić information content (AvgIpc) is 2.21. The summed E-state index contributed by atoms with van der Waals surface area (Å²) in [7, 11) is 1.74. The van der Waals surface area contributed by atoms with Crippen LogP contribution in [-0.4, -0.2) is 12.9 Å². The lowest BCUT2D eigenvalue weighted by Gasteiger charge is -2.09. The smallest absolute Gasteiger partial charge is 0.122 e. The minimum absolute atomic E-state index is 0.885. The summed E-state index contributed by atoms with van der Waals surface area (Å²) in [6.07, 6.45) is 3.25. The van der Waals surface area contributed by atoms with Gasteiger partial charge in [0.2, 0.25) is 0 Å². The van der Waals surface area contributed by atoms with Gasteiger partial charge >= 0.3 is 0 Å². The molecule has 2 heteroatoms. The highest BCUT2D eigenvalue weighted by Gasteiger charge is 2.02. The third-order valence-electron chi connectivity index (χ3n) is 2.27. The minimum atomic E-state index is 0.885. The van der Waals surface area contributed by atoms with Gasteiger partial charge in [0, 0.05) is 0 Å². The van der Waals surface area contributed by atoms with Crippen molar-refractivity contribution in [3.63, 3.8) is 0 Å². The molecule has 0 N–H and O–H groups in total. The first-order valence-electron chi connectivity index (χ1n) is 5.08. The molecule has 0 bridgehead atoms. The monoisotopic (exact) mass is 210 g/mol. The van der Waals surface area contributed by atoms with E-state index < -0.39 is 0 Å². The van der Waals surface area contributed by atoms with Crippen LogP contribution in [0.1, 0.15) is 24.5 Å². The molecule has 78 valence electrons. The Morgan fingerprint density at radius 1 is 1.29 bits per heavy atom. The second kappa shape index (κ2) is 5.97. The number of aryl methyl sites for hydroxylation is 2. The van der Waals surface area contributed by atoms with Crippen molar-refractivity contribution in [2.75, 3.05) is 12.9 Å². The molecule has 1 nitrogen and oxygen atoms in total. The van der Waals surface area contributed by atoms with E-state index in [1.54, 1.807) is 7.11 Å². The third-order valence-corrected chi connectivity index (χ3v) is 2.49. The van der Waals surface area contributed by atoms with Crippen LogP contribution in [0.5, 0.6) is 5.75 Å². The van der Waals surface area contributed by atoms with Crippen molar-refractivity contribution in [3.8, 4) is 5.75 Å². The topological polar surface area (TPSA) is 9.23 Å². The predicted octanol–water partition coefficient (Wildman–Crippen LogP) is 3.12. The van der Waals surface area contributed by atoms with Crippen molar-refractivity contribution in [2.45, 2.75) is 26.2 Å². The van der Waals surface area contributed by atoms with E-state index in [-0.39, 0.29) is 0 Å². The highest BCUT2D eigenvalue weighted by Crippen LogP contribution is 2.21. The fourth-order valence-corrected chi connectivity index (χ4v) is 1.81. The normalized spacial score (nSPS) is 10.2. The van der Waals surface area contributed by atoms with Gasteiger partial charge in [-0.05, 0) is 35.8 Å². The first-order valence-corrected chi connectivity index (χ1v) is 5.71. The van der Waals surface area contributed by atoms with Gasteiger partial charge in [0.1, 0.15) is 5.75 Å². The molecule has 0 spiro atoms. The van der Waals surface area contributed by atoms with Crippen LogP contribution in [-0.2, 0) is 12.8 Å². The zero-order valence-corrected chi connectivity index (χ0v) is 9.81. The van der Waals surface area contributed by atoms with E-state index >= 15 is 0 Å². The lowest BCUT2D eigenvalue weighted by atomic mass is 10.1. The van der Waals surface area contributed by atoms with E-state index in [1.165, 1.54) is 11.1 Å². The maximum atomic E-state index is 5.36. The molecule has 0 unspecified atom stereocenters. The van der Waals surface area contributed by atoms with Crippen LogP contribution in [0.4, 0.5) is 0 Å². The van der Waals surface area contributed by atoms with Gasteiger partial charge in [-0.3, -0.25) is 0 Å². The number of hydrogen-bond donors (Lipinski definition) is 1. The van der Waals surface area contributed by atoms with Gasteiger partial charge in [0.25, 0.3) is 0 Å². The Kier molecular flexibility index (Phi) is 4.88. The van der Waals surface area contributed by atoms with Crippen molar-refractivity contribution in [1.82, 2.24) is 0 Å². The molecular weight excluding hydrogens is 192 g/mol. The fraction of sp³-hybridized carbons (Fsp3) is 0.500. The Morgan fingerprint density at radius 2 is 2.07 bits per heavy atom. The summed E-state index contributed by atoms with van der Waals surface area (Å²) in [4.78, 5) is 0.